The number of ether oxygens (including phenoxy) is 1. The van der Waals surface area contributed by atoms with E-state index in [1.165, 1.54) is 7.11 Å². The van der Waals surface area contributed by atoms with Gasteiger partial charge >= 0.3 is 5.97 Å². The molecule has 0 amide bonds. The molecule has 0 spiro atoms. The molecular weight excluding hydrogens is 250 g/mol. The lowest BCUT2D eigenvalue weighted by Gasteiger charge is -2.01. The van der Waals surface area contributed by atoms with Crippen LogP contribution in [0.15, 0.2) is 16.6 Å². The molecule has 1 aromatic heterocycles. The van der Waals surface area contributed by atoms with Crippen LogP contribution in [0.25, 0.3) is 11.0 Å². The maximum absolute atomic E-state index is 11.3. The second-order valence-corrected chi connectivity index (χ2v) is 3.40. The van der Waals surface area contributed by atoms with Crippen molar-refractivity contribution in [3.8, 4) is 0 Å². The highest BCUT2D eigenvalue weighted by Gasteiger charge is 2.14. The second-order valence-electron chi connectivity index (χ2n) is 2.61. The van der Waals surface area contributed by atoms with E-state index in [1.54, 1.807) is 12.1 Å². The molecule has 0 fully saturated rings. The van der Waals surface area contributed by atoms with Crippen LogP contribution in [-0.2, 0) is 4.74 Å². The van der Waals surface area contributed by atoms with Crippen LogP contribution in [0.4, 0.5) is 0 Å². The normalized spacial score (nSPS) is 10.4. The van der Waals surface area contributed by atoms with Gasteiger partial charge in [-0.3, -0.25) is 0 Å². The Hall–Kier alpha value is -1.43. The molecule has 1 N–H and O–H groups in total. The van der Waals surface area contributed by atoms with Crippen molar-refractivity contribution in [3.05, 3.63) is 22.2 Å². The van der Waals surface area contributed by atoms with Gasteiger partial charge in [-0.1, -0.05) is 0 Å². The minimum atomic E-state index is -0.401. The lowest BCUT2D eigenvalue weighted by molar-refractivity contribution is 0.0600. The summed E-state index contributed by atoms with van der Waals surface area (Å²) in [5, 5.41) is 10.3. The molecule has 6 heteroatoms. The van der Waals surface area contributed by atoms with E-state index >= 15 is 0 Å². The number of esters is 1. The average Bonchev–Trinajstić information content (AvgIpc) is 2.66. The summed E-state index contributed by atoms with van der Waals surface area (Å²) in [6, 6.07) is 3.34. The number of hydrogen-bond acceptors (Lipinski definition) is 4. The van der Waals surface area contributed by atoms with E-state index < -0.39 is 5.97 Å². The topological polar surface area (TPSA) is 67.9 Å². The molecule has 0 aliphatic heterocycles. The van der Waals surface area contributed by atoms with Crippen LogP contribution in [0.5, 0.6) is 0 Å². The van der Waals surface area contributed by atoms with E-state index in [1.807, 2.05) is 0 Å². The minimum absolute atomic E-state index is 0.401. The van der Waals surface area contributed by atoms with Gasteiger partial charge in [0.15, 0.2) is 0 Å². The Bertz CT molecular complexity index is 494. The van der Waals surface area contributed by atoms with Gasteiger partial charge in [-0.2, -0.15) is 15.4 Å². The van der Waals surface area contributed by atoms with Crippen molar-refractivity contribution in [2.24, 2.45) is 0 Å². The van der Waals surface area contributed by atoms with E-state index in [0.29, 0.717) is 21.1 Å². The Labute approximate surface area is 87.6 Å². The number of H-pyrrole nitrogens is 1. The summed E-state index contributed by atoms with van der Waals surface area (Å²) in [5.74, 6) is -0.401. The van der Waals surface area contributed by atoms with Crippen molar-refractivity contribution in [3.63, 3.8) is 0 Å². The molecular formula is C8H6BrN3O2. The highest BCUT2D eigenvalue weighted by molar-refractivity contribution is 9.10. The molecule has 2 aromatic rings. The quantitative estimate of drug-likeness (QED) is 0.785. The van der Waals surface area contributed by atoms with Gasteiger partial charge in [0.1, 0.15) is 11.0 Å². The van der Waals surface area contributed by atoms with Crippen molar-refractivity contribution in [2.45, 2.75) is 0 Å². The third-order valence-corrected chi connectivity index (χ3v) is 2.64. The van der Waals surface area contributed by atoms with E-state index in [4.69, 9.17) is 0 Å². The number of carbonyl (C=O) groups excluding carboxylic acids is 1. The fourth-order valence-corrected chi connectivity index (χ4v) is 1.73. The smallest absolute Gasteiger partial charge is 0.339 e. The Kier molecular flexibility index (Phi) is 2.20. The summed E-state index contributed by atoms with van der Waals surface area (Å²) in [4.78, 5) is 11.3. The molecule has 14 heavy (non-hydrogen) atoms. The number of carbonyl (C=O) groups is 1. The number of nitrogens with zero attached hydrogens (tertiary/aromatic N) is 2. The highest BCUT2D eigenvalue weighted by Crippen LogP contribution is 2.25. The molecule has 0 atom stereocenters. The van der Waals surface area contributed by atoms with E-state index in [9.17, 15) is 4.79 Å². The van der Waals surface area contributed by atoms with Crippen LogP contribution in [0.3, 0.4) is 0 Å². The SMILES string of the molecule is COC(=O)c1ccc2n[nH]nc2c1Br. The number of hydrogen-bond donors (Lipinski definition) is 1. The number of fused-ring (bicyclic) bond motifs is 1. The number of benzene rings is 1. The first-order chi connectivity index (χ1) is 6.74. The maximum atomic E-state index is 11.3. The highest BCUT2D eigenvalue weighted by atomic mass is 79.9. The standard InChI is InChI=1S/C8H6BrN3O2/c1-14-8(13)4-2-3-5-7(6(4)9)11-12-10-5/h2-3H,1H3,(H,10,11,12). The van der Waals surface area contributed by atoms with Gasteiger partial charge in [0.2, 0.25) is 0 Å². The monoisotopic (exact) mass is 255 g/mol. The maximum Gasteiger partial charge on any atom is 0.339 e. The zero-order chi connectivity index (χ0) is 10.1. The van der Waals surface area contributed by atoms with E-state index in [-0.39, 0.29) is 0 Å². The van der Waals surface area contributed by atoms with Gasteiger partial charge in [0.05, 0.1) is 17.1 Å². The molecule has 0 radical (unpaired) electrons. The van der Waals surface area contributed by atoms with Gasteiger partial charge in [0.25, 0.3) is 0 Å². The molecule has 5 nitrogen and oxygen atoms in total. The minimum Gasteiger partial charge on any atom is -0.465 e. The Morgan fingerprint density at radius 1 is 1.50 bits per heavy atom. The number of aromatic nitrogens is 3. The van der Waals surface area contributed by atoms with Crippen LogP contribution < -0.4 is 0 Å². The first kappa shape index (κ1) is 9.14. The fraction of sp³-hybridized carbons (Fsp3) is 0.125. The zero-order valence-electron chi connectivity index (χ0n) is 7.24. The number of aromatic amines is 1. The largest absolute Gasteiger partial charge is 0.465 e. The summed E-state index contributed by atoms with van der Waals surface area (Å²) in [7, 11) is 1.34. The Balaban J connectivity index is 2.67. The van der Waals surface area contributed by atoms with Crippen molar-refractivity contribution >= 4 is 32.9 Å². The summed E-state index contributed by atoms with van der Waals surface area (Å²) in [6.07, 6.45) is 0. The second kappa shape index (κ2) is 3.38. The molecule has 1 heterocycles. The molecule has 2 rings (SSSR count). The number of rotatable bonds is 1. The fourth-order valence-electron chi connectivity index (χ4n) is 1.15. The molecule has 0 aliphatic carbocycles. The van der Waals surface area contributed by atoms with Crippen LogP contribution in [0.2, 0.25) is 0 Å². The van der Waals surface area contributed by atoms with Crippen LogP contribution in [0.1, 0.15) is 10.4 Å². The molecule has 0 saturated carbocycles. The molecule has 0 saturated heterocycles. The lowest BCUT2D eigenvalue weighted by atomic mass is 10.2. The summed E-state index contributed by atoms with van der Waals surface area (Å²) in [6.45, 7) is 0. The summed E-state index contributed by atoms with van der Waals surface area (Å²) in [5.41, 5.74) is 1.76. The van der Waals surface area contributed by atoms with Crippen LogP contribution in [-0.4, -0.2) is 28.5 Å². The molecule has 0 aliphatic rings. The third-order valence-electron chi connectivity index (χ3n) is 1.83. The molecule has 72 valence electrons. The predicted molar refractivity (Wildman–Crippen MR) is 52.9 cm³/mol. The molecule has 0 bridgehead atoms. The Morgan fingerprint density at radius 3 is 3.00 bits per heavy atom. The van der Waals surface area contributed by atoms with Crippen molar-refractivity contribution in [1.82, 2.24) is 15.4 Å². The van der Waals surface area contributed by atoms with Crippen molar-refractivity contribution < 1.29 is 9.53 Å². The zero-order valence-corrected chi connectivity index (χ0v) is 8.83. The molecule has 1 aromatic carbocycles. The first-order valence-corrected chi connectivity index (χ1v) is 4.60. The number of halogens is 1. The van der Waals surface area contributed by atoms with Crippen molar-refractivity contribution in [2.75, 3.05) is 7.11 Å². The van der Waals surface area contributed by atoms with Crippen molar-refractivity contribution in [1.29, 1.82) is 0 Å². The predicted octanol–water partition coefficient (Wildman–Crippen LogP) is 1.51. The molecule has 0 unspecified atom stereocenters. The van der Waals surface area contributed by atoms with Gasteiger partial charge in [-0.25, -0.2) is 4.79 Å². The first-order valence-electron chi connectivity index (χ1n) is 3.81. The average molecular weight is 256 g/mol. The summed E-state index contributed by atoms with van der Waals surface area (Å²) < 4.78 is 5.21. The third kappa shape index (κ3) is 1.27. The van der Waals surface area contributed by atoms with Crippen LogP contribution >= 0.6 is 15.9 Å². The van der Waals surface area contributed by atoms with Gasteiger partial charge < -0.3 is 4.74 Å². The number of methoxy groups -OCH3 is 1. The van der Waals surface area contributed by atoms with Gasteiger partial charge in [-0.05, 0) is 28.1 Å². The number of nitrogens with one attached hydrogen (secondary N) is 1. The Morgan fingerprint density at radius 2 is 2.29 bits per heavy atom. The lowest BCUT2D eigenvalue weighted by Crippen LogP contribution is -2.02. The van der Waals surface area contributed by atoms with E-state index in [2.05, 4.69) is 36.1 Å². The van der Waals surface area contributed by atoms with Crippen LogP contribution in [0, 0.1) is 0 Å². The van der Waals surface area contributed by atoms with E-state index in [0.717, 1.165) is 0 Å². The summed E-state index contributed by atoms with van der Waals surface area (Å²) >= 11 is 3.28. The van der Waals surface area contributed by atoms with Gasteiger partial charge in [0, 0.05) is 0 Å². The van der Waals surface area contributed by atoms with Gasteiger partial charge in [-0.15, -0.1) is 0 Å².